The first-order valence-corrected chi connectivity index (χ1v) is 18.1. The largest absolute Gasteiger partial charge is 0.507 e. The smallest absolute Gasteiger partial charge is 0.308 e. The van der Waals surface area contributed by atoms with E-state index in [1.165, 1.54) is 25.1 Å². The van der Waals surface area contributed by atoms with Crippen LogP contribution in [0.3, 0.4) is 0 Å². The summed E-state index contributed by atoms with van der Waals surface area (Å²) < 4.78 is 17.3. The molecule has 4 aromatic rings. The highest BCUT2D eigenvalue weighted by molar-refractivity contribution is 6.31. The third-order valence-corrected chi connectivity index (χ3v) is 9.91. The van der Waals surface area contributed by atoms with E-state index in [2.05, 4.69) is 0 Å². The summed E-state index contributed by atoms with van der Waals surface area (Å²) in [5, 5.41) is 63.5. The maximum absolute atomic E-state index is 14.8. The number of fused-ring (bicyclic) bond motifs is 2. The number of carbonyl (C=O) groups is 3. The molecule has 56 heavy (non-hydrogen) atoms. The van der Waals surface area contributed by atoms with Crippen LogP contribution >= 0.6 is 0 Å². The topological polar surface area (TPSA) is 252 Å². The van der Waals surface area contributed by atoms with Crippen molar-refractivity contribution in [1.82, 2.24) is 0 Å². The number of benzene rings is 4. The zero-order valence-corrected chi connectivity index (χ0v) is 30.7. The van der Waals surface area contributed by atoms with Gasteiger partial charge in [0.05, 0.1) is 24.4 Å². The van der Waals surface area contributed by atoms with Gasteiger partial charge in [0.1, 0.15) is 35.6 Å². The lowest BCUT2D eigenvalue weighted by Crippen LogP contribution is -2.58. The number of ketones is 2. The lowest BCUT2D eigenvalue weighted by Gasteiger charge is -2.39. The van der Waals surface area contributed by atoms with Crippen LogP contribution in [-0.2, 0) is 29.0 Å². The molecule has 1 saturated heterocycles. The van der Waals surface area contributed by atoms with E-state index in [0.717, 1.165) is 12.5 Å². The Labute approximate surface area is 322 Å². The zero-order valence-electron chi connectivity index (χ0n) is 30.7. The van der Waals surface area contributed by atoms with Crippen molar-refractivity contribution in [2.24, 2.45) is 11.5 Å². The van der Waals surface area contributed by atoms with Crippen LogP contribution in [0.2, 0.25) is 0 Å². The second kappa shape index (κ2) is 16.8. The molecule has 14 nitrogen and oxygen atoms in total. The number of hydrogen-bond donors (Lipinski definition) is 8. The number of rotatable bonds is 12. The number of esters is 1. The van der Waals surface area contributed by atoms with Gasteiger partial charge in [-0.15, -0.1) is 0 Å². The highest BCUT2D eigenvalue weighted by Gasteiger charge is 2.44. The number of aryl methyl sites for hydroxylation is 1. The average molecular weight is 769 g/mol. The van der Waals surface area contributed by atoms with Crippen molar-refractivity contribution in [3.05, 3.63) is 122 Å². The van der Waals surface area contributed by atoms with Crippen molar-refractivity contribution in [3.8, 4) is 17.2 Å². The Balaban J connectivity index is 1.54. The van der Waals surface area contributed by atoms with Gasteiger partial charge >= 0.3 is 5.97 Å². The predicted octanol–water partition coefficient (Wildman–Crippen LogP) is 2.39. The number of nitrogens with two attached hydrogens (primary N) is 2. The number of hydrogen-bond acceptors (Lipinski definition) is 14. The molecule has 14 heteroatoms. The highest BCUT2D eigenvalue weighted by Crippen LogP contribution is 2.45. The average Bonchev–Trinajstić information content (AvgIpc) is 3.17. The molecule has 0 aromatic heterocycles. The van der Waals surface area contributed by atoms with Gasteiger partial charge < -0.3 is 56.3 Å². The van der Waals surface area contributed by atoms with Crippen molar-refractivity contribution in [3.63, 3.8) is 0 Å². The van der Waals surface area contributed by atoms with Crippen molar-refractivity contribution in [2.45, 2.75) is 76.6 Å². The molecule has 4 aromatic carbocycles. The fourth-order valence-corrected chi connectivity index (χ4v) is 7.05. The van der Waals surface area contributed by atoms with Gasteiger partial charge in [0.15, 0.2) is 11.6 Å². The van der Waals surface area contributed by atoms with Crippen molar-refractivity contribution in [2.75, 3.05) is 6.61 Å². The lowest BCUT2D eigenvalue weighted by molar-refractivity contribution is -0.268. The van der Waals surface area contributed by atoms with Crippen LogP contribution in [0.4, 0.5) is 0 Å². The summed E-state index contributed by atoms with van der Waals surface area (Å²) in [5.41, 5.74) is 13.5. The Morgan fingerprint density at radius 3 is 2.30 bits per heavy atom. The maximum atomic E-state index is 14.8. The third-order valence-electron chi connectivity index (χ3n) is 9.91. The number of phenolic OH excluding ortho intramolecular Hbond substituents is 1. The summed E-state index contributed by atoms with van der Waals surface area (Å²) in [5.74, 6) is -3.25. The Bertz CT molecular complexity index is 2200. The van der Waals surface area contributed by atoms with E-state index >= 15 is 0 Å². The van der Waals surface area contributed by atoms with E-state index in [-0.39, 0.29) is 63.5 Å². The minimum atomic E-state index is -1.76. The first-order chi connectivity index (χ1) is 26.7. The van der Waals surface area contributed by atoms with Crippen molar-refractivity contribution >= 4 is 29.7 Å². The standard InChI is InChI=1S/C42H44N2O12/c1-20-35(48)39(52)40(53)42(54-20)56-31-18-29-34(36(49)28(31)16-24-8-4-10-25(15-24)41(43)44)38(51)32-26(19-46)17-30(55-21(2)47)27(33(32)37(29)50)12-11-23-7-3-6-22(14-23)9-5-13-45/h3-4,6-8,10-12,14-15,17-18,20,35,39-42,45-46,48-49,52-53H,5,9,13,16,19,43-44H2,1-2H3. The van der Waals surface area contributed by atoms with E-state index < -0.39 is 66.8 Å². The number of aliphatic hydroxyl groups excluding tert-OH is 5. The molecule has 0 spiro atoms. The van der Waals surface area contributed by atoms with Gasteiger partial charge in [-0.05, 0) is 65.8 Å². The van der Waals surface area contributed by atoms with Gasteiger partial charge in [-0.25, -0.2) is 0 Å². The monoisotopic (exact) mass is 768 g/mol. The molecule has 0 amide bonds. The summed E-state index contributed by atoms with van der Waals surface area (Å²) in [7, 11) is 0. The Morgan fingerprint density at radius 2 is 1.61 bits per heavy atom. The maximum Gasteiger partial charge on any atom is 0.308 e. The molecule has 5 unspecified atom stereocenters. The molecule has 1 fully saturated rings. The number of carbonyl (C=O) groups excluding carboxylic acids is 3. The second-order valence-corrected chi connectivity index (χ2v) is 13.9. The van der Waals surface area contributed by atoms with Crippen LogP contribution in [0.1, 0.15) is 97.2 Å². The molecule has 1 aliphatic heterocycles. The number of ether oxygens (including phenoxy) is 3. The highest BCUT2D eigenvalue weighted by atomic mass is 16.7. The van der Waals surface area contributed by atoms with Gasteiger partial charge in [-0.3, -0.25) is 14.4 Å². The van der Waals surface area contributed by atoms with Crippen LogP contribution in [0, 0.1) is 0 Å². The SMILES string of the molecule is CC(=O)Oc1cc(CO)c2c(c1C=Cc1cccc(CCCO)c1)C(=O)c1cc(OC3OC(C)C(O)C(O)C3O)c(Cc3cccc(C(N)N)c3)c(O)c1C2=O. The molecular formula is C42H44N2O12. The predicted molar refractivity (Wildman–Crippen MR) is 203 cm³/mol. The van der Waals surface area contributed by atoms with Gasteiger partial charge in [-0.1, -0.05) is 54.6 Å². The molecule has 5 atom stereocenters. The zero-order chi connectivity index (χ0) is 40.4. The molecule has 10 N–H and O–H groups in total. The number of aliphatic hydroxyl groups is 5. The van der Waals surface area contributed by atoms with Crippen molar-refractivity contribution in [1.29, 1.82) is 0 Å². The van der Waals surface area contributed by atoms with E-state index in [4.69, 9.17) is 25.7 Å². The second-order valence-electron chi connectivity index (χ2n) is 13.9. The summed E-state index contributed by atoms with van der Waals surface area (Å²) in [4.78, 5) is 41.7. The van der Waals surface area contributed by atoms with Crippen molar-refractivity contribution < 1.29 is 59.2 Å². The van der Waals surface area contributed by atoms with Crippen LogP contribution in [-0.4, -0.2) is 85.5 Å². The molecule has 0 bridgehead atoms. The first kappa shape index (κ1) is 40.4. The fraction of sp³-hybridized carbons (Fsp3) is 0.310. The lowest BCUT2D eigenvalue weighted by atomic mass is 9.77. The Hall–Kier alpha value is -5.29. The molecule has 6 rings (SSSR count). The Morgan fingerprint density at radius 1 is 0.875 bits per heavy atom. The van der Waals surface area contributed by atoms with E-state index in [1.807, 2.05) is 18.2 Å². The third kappa shape index (κ3) is 8.00. The minimum absolute atomic E-state index is 0.00318. The summed E-state index contributed by atoms with van der Waals surface area (Å²) in [6.07, 6.45) is -4.04. The summed E-state index contributed by atoms with van der Waals surface area (Å²) >= 11 is 0. The van der Waals surface area contributed by atoms with Crippen LogP contribution in [0.5, 0.6) is 17.2 Å². The molecule has 0 saturated carbocycles. The number of phenols is 1. The minimum Gasteiger partial charge on any atom is -0.507 e. The van der Waals surface area contributed by atoms with Gasteiger partial charge in [0.25, 0.3) is 0 Å². The fourth-order valence-electron chi connectivity index (χ4n) is 7.05. The van der Waals surface area contributed by atoms with E-state index in [9.17, 15) is 45.0 Å². The van der Waals surface area contributed by atoms with E-state index in [1.54, 1.807) is 36.4 Å². The molecule has 0 radical (unpaired) electrons. The van der Waals surface area contributed by atoms with Crippen LogP contribution in [0.25, 0.3) is 12.2 Å². The summed E-state index contributed by atoms with van der Waals surface area (Å²) in [6.45, 7) is 1.91. The number of aromatic hydroxyl groups is 1. The molecule has 1 heterocycles. The first-order valence-electron chi connectivity index (χ1n) is 18.1. The molecule has 1 aliphatic carbocycles. The quantitative estimate of drug-likeness (QED) is 0.0393. The van der Waals surface area contributed by atoms with Gasteiger partial charge in [0, 0.05) is 47.8 Å². The van der Waals surface area contributed by atoms with Gasteiger partial charge in [-0.2, -0.15) is 0 Å². The molecular weight excluding hydrogens is 724 g/mol. The molecule has 294 valence electrons. The van der Waals surface area contributed by atoms with Gasteiger partial charge in [0.2, 0.25) is 6.29 Å². The van der Waals surface area contributed by atoms with Crippen LogP contribution < -0.4 is 20.9 Å². The Kier molecular flexibility index (Phi) is 12.1. The summed E-state index contributed by atoms with van der Waals surface area (Å²) in [6, 6.07) is 16.7. The van der Waals surface area contributed by atoms with E-state index in [0.29, 0.717) is 29.5 Å². The molecule has 2 aliphatic rings. The van der Waals surface area contributed by atoms with Crippen LogP contribution in [0.15, 0.2) is 60.7 Å². The normalized spacial score (nSPS) is 20.6.